The number of rotatable bonds is 6. The highest BCUT2D eigenvalue weighted by Crippen LogP contribution is 2.24. The molecule has 1 fully saturated rings. The molecule has 8 heteroatoms. The molecule has 0 aliphatic carbocycles. The Morgan fingerprint density at radius 3 is 2.52 bits per heavy atom. The first-order chi connectivity index (χ1) is 15.0. The fourth-order valence-electron chi connectivity index (χ4n) is 4.06. The number of aromatic nitrogens is 1. The van der Waals surface area contributed by atoms with Gasteiger partial charge in [0, 0.05) is 36.3 Å². The van der Waals surface area contributed by atoms with E-state index in [0.29, 0.717) is 28.2 Å². The van der Waals surface area contributed by atoms with Gasteiger partial charge in [-0.1, -0.05) is 13.8 Å². The smallest absolute Gasteiger partial charge is 0.291 e. The van der Waals surface area contributed by atoms with Crippen molar-refractivity contribution in [2.75, 3.05) is 23.7 Å². The lowest BCUT2D eigenvalue weighted by Crippen LogP contribution is -2.38. The van der Waals surface area contributed by atoms with Gasteiger partial charge in [-0.25, -0.2) is 4.98 Å². The van der Waals surface area contributed by atoms with Crippen LogP contribution in [0.4, 0.5) is 10.8 Å². The van der Waals surface area contributed by atoms with E-state index in [-0.39, 0.29) is 17.6 Å². The van der Waals surface area contributed by atoms with E-state index in [2.05, 4.69) is 34.4 Å². The average molecular weight is 439 g/mol. The molecule has 162 valence electrons. The summed E-state index contributed by atoms with van der Waals surface area (Å²) in [5.41, 5.74) is 2.06. The second-order valence-corrected chi connectivity index (χ2v) is 9.11. The van der Waals surface area contributed by atoms with Crippen molar-refractivity contribution in [3.05, 3.63) is 65.1 Å². The normalized spacial score (nSPS) is 19.2. The molecule has 2 amide bonds. The van der Waals surface area contributed by atoms with Gasteiger partial charge in [0.2, 0.25) is 0 Å². The maximum atomic E-state index is 12.6. The number of nitrogens with zero attached hydrogens (tertiary/aromatic N) is 2. The number of benzene rings is 1. The summed E-state index contributed by atoms with van der Waals surface area (Å²) in [4.78, 5) is 31.6. The molecule has 1 aromatic carbocycles. The number of hydrogen-bond acceptors (Lipinski definition) is 6. The fourth-order valence-corrected chi connectivity index (χ4v) is 4.76. The Labute approximate surface area is 185 Å². The monoisotopic (exact) mass is 438 g/mol. The summed E-state index contributed by atoms with van der Waals surface area (Å²) < 4.78 is 5.07. The number of carbonyl (C=O) groups is 2. The third-order valence-corrected chi connectivity index (χ3v) is 6.06. The molecule has 0 radical (unpaired) electrons. The third-order valence-electron chi connectivity index (χ3n) is 5.25. The number of hydrogen-bond donors (Lipinski definition) is 2. The molecule has 0 bridgehead atoms. The molecule has 2 unspecified atom stereocenters. The molecule has 3 heterocycles. The maximum absolute atomic E-state index is 12.6. The van der Waals surface area contributed by atoms with Crippen molar-refractivity contribution in [2.45, 2.75) is 26.8 Å². The minimum Gasteiger partial charge on any atom is -0.459 e. The van der Waals surface area contributed by atoms with Crippen LogP contribution in [-0.4, -0.2) is 34.8 Å². The molecular weight excluding hydrogens is 412 g/mol. The predicted octanol–water partition coefficient (Wildman–Crippen LogP) is 4.72. The van der Waals surface area contributed by atoms with E-state index in [1.807, 2.05) is 5.38 Å². The summed E-state index contributed by atoms with van der Waals surface area (Å²) >= 11 is 1.44. The Kier molecular flexibility index (Phi) is 6.48. The second-order valence-electron chi connectivity index (χ2n) is 8.25. The summed E-state index contributed by atoms with van der Waals surface area (Å²) in [5.74, 6) is 1.07. The van der Waals surface area contributed by atoms with Crippen LogP contribution in [0.25, 0.3) is 0 Å². The van der Waals surface area contributed by atoms with Crippen LogP contribution in [-0.2, 0) is 6.54 Å². The van der Waals surface area contributed by atoms with Crippen molar-refractivity contribution in [3.63, 3.8) is 0 Å². The van der Waals surface area contributed by atoms with Crippen molar-refractivity contribution in [1.29, 1.82) is 0 Å². The van der Waals surface area contributed by atoms with E-state index in [1.165, 1.54) is 24.0 Å². The van der Waals surface area contributed by atoms with Gasteiger partial charge in [0.15, 0.2) is 10.9 Å². The lowest BCUT2D eigenvalue weighted by molar-refractivity contribution is 0.0995. The average Bonchev–Trinajstić information content (AvgIpc) is 3.40. The maximum Gasteiger partial charge on any atom is 0.291 e. The van der Waals surface area contributed by atoms with E-state index in [0.717, 1.165) is 25.3 Å². The predicted molar refractivity (Wildman–Crippen MR) is 121 cm³/mol. The van der Waals surface area contributed by atoms with Gasteiger partial charge < -0.3 is 9.73 Å². The molecule has 0 saturated carbocycles. The minimum absolute atomic E-state index is 0.231. The van der Waals surface area contributed by atoms with E-state index >= 15 is 0 Å². The van der Waals surface area contributed by atoms with Crippen LogP contribution in [0.5, 0.6) is 0 Å². The zero-order chi connectivity index (χ0) is 21.8. The number of anilines is 2. The largest absolute Gasteiger partial charge is 0.459 e. The number of furan rings is 1. The van der Waals surface area contributed by atoms with Crippen molar-refractivity contribution in [3.8, 4) is 0 Å². The number of nitrogens with one attached hydrogen (secondary N) is 2. The quantitative estimate of drug-likeness (QED) is 0.582. The van der Waals surface area contributed by atoms with Crippen LogP contribution in [0.1, 0.15) is 46.9 Å². The standard InChI is InChI=1S/C23H26N4O3S/c1-15-10-16(2)12-27(11-15)13-19-14-31-23(25-19)26-21(28)17-5-7-18(8-6-17)24-22(29)20-4-3-9-30-20/h3-9,14-16H,10-13H2,1-2H3,(H,24,29)(H,25,26,28). The lowest BCUT2D eigenvalue weighted by atomic mass is 9.92. The summed E-state index contributed by atoms with van der Waals surface area (Å²) in [7, 11) is 0. The van der Waals surface area contributed by atoms with Crippen LogP contribution < -0.4 is 10.6 Å². The van der Waals surface area contributed by atoms with Gasteiger partial charge in [-0.3, -0.25) is 19.8 Å². The Bertz CT molecular complexity index is 1020. The molecule has 7 nitrogen and oxygen atoms in total. The minimum atomic E-state index is -0.338. The Morgan fingerprint density at radius 1 is 1.10 bits per heavy atom. The van der Waals surface area contributed by atoms with E-state index < -0.39 is 0 Å². The SMILES string of the molecule is CC1CC(C)CN(Cc2csc(NC(=O)c3ccc(NC(=O)c4ccco4)cc3)n2)C1. The van der Waals surface area contributed by atoms with Gasteiger partial charge in [-0.2, -0.15) is 0 Å². The topological polar surface area (TPSA) is 87.5 Å². The van der Waals surface area contributed by atoms with Gasteiger partial charge >= 0.3 is 0 Å². The summed E-state index contributed by atoms with van der Waals surface area (Å²) in [6.07, 6.45) is 2.72. The molecule has 31 heavy (non-hydrogen) atoms. The Hall–Kier alpha value is -2.97. The Morgan fingerprint density at radius 2 is 1.84 bits per heavy atom. The first kappa shape index (κ1) is 21.3. The first-order valence-corrected chi connectivity index (χ1v) is 11.3. The molecule has 3 aromatic rings. The van der Waals surface area contributed by atoms with Crippen molar-refractivity contribution in [2.24, 2.45) is 11.8 Å². The van der Waals surface area contributed by atoms with Gasteiger partial charge in [0.25, 0.3) is 11.8 Å². The van der Waals surface area contributed by atoms with Gasteiger partial charge in [0.1, 0.15) is 0 Å². The van der Waals surface area contributed by atoms with Crippen molar-refractivity contribution >= 4 is 34.0 Å². The number of piperidine rings is 1. The third kappa shape index (κ3) is 5.59. The molecule has 1 aliphatic rings. The number of carbonyl (C=O) groups excluding carboxylic acids is 2. The number of amides is 2. The highest BCUT2D eigenvalue weighted by molar-refractivity contribution is 7.14. The van der Waals surface area contributed by atoms with Crippen molar-refractivity contribution in [1.82, 2.24) is 9.88 Å². The van der Waals surface area contributed by atoms with Crippen molar-refractivity contribution < 1.29 is 14.0 Å². The zero-order valence-corrected chi connectivity index (χ0v) is 18.4. The second kappa shape index (κ2) is 9.45. The molecule has 2 aromatic heterocycles. The summed E-state index contributed by atoms with van der Waals surface area (Å²) in [5, 5.41) is 8.19. The van der Waals surface area contributed by atoms with Crippen LogP contribution in [0.3, 0.4) is 0 Å². The van der Waals surface area contributed by atoms with Crippen LogP contribution in [0.2, 0.25) is 0 Å². The van der Waals surface area contributed by atoms with E-state index in [4.69, 9.17) is 4.42 Å². The van der Waals surface area contributed by atoms with E-state index in [1.54, 1.807) is 36.4 Å². The molecule has 4 rings (SSSR count). The first-order valence-electron chi connectivity index (χ1n) is 10.4. The fraction of sp³-hybridized carbons (Fsp3) is 0.348. The highest BCUT2D eigenvalue weighted by atomic mass is 32.1. The molecule has 0 spiro atoms. The molecule has 1 saturated heterocycles. The van der Waals surface area contributed by atoms with Crippen LogP contribution in [0, 0.1) is 11.8 Å². The molecule has 2 N–H and O–H groups in total. The molecule has 2 atom stereocenters. The zero-order valence-electron chi connectivity index (χ0n) is 17.6. The van der Waals surface area contributed by atoms with E-state index in [9.17, 15) is 9.59 Å². The van der Waals surface area contributed by atoms with Gasteiger partial charge in [-0.15, -0.1) is 11.3 Å². The number of thiazole rings is 1. The Balaban J connectivity index is 1.32. The number of likely N-dealkylation sites (tertiary alicyclic amines) is 1. The van der Waals surface area contributed by atoms with Crippen LogP contribution in [0.15, 0.2) is 52.5 Å². The molecular formula is C23H26N4O3S. The lowest BCUT2D eigenvalue weighted by Gasteiger charge is -2.34. The summed E-state index contributed by atoms with van der Waals surface area (Å²) in [6, 6.07) is 9.94. The summed E-state index contributed by atoms with van der Waals surface area (Å²) in [6.45, 7) is 7.58. The van der Waals surface area contributed by atoms with Gasteiger partial charge in [-0.05, 0) is 54.7 Å². The highest BCUT2D eigenvalue weighted by Gasteiger charge is 2.22. The van der Waals surface area contributed by atoms with Gasteiger partial charge in [0.05, 0.1) is 12.0 Å². The van der Waals surface area contributed by atoms with Crippen LogP contribution >= 0.6 is 11.3 Å². The molecule has 1 aliphatic heterocycles.